The van der Waals surface area contributed by atoms with Gasteiger partial charge in [-0.3, -0.25) is 29.0 Å². The predicted octanol–water partition coefficient (Wildman–Crippen LogP) is 4.23. The summed E-state index contributed by atoms with van der Waals surface area (Å²) in [6.07, 6.45) is 6.08. The molecule has 4 unspecified atom stereocenters. The summed E-state index contributed by atoms with van der Waals surface area (Å²) in [7, 11) is 5.54. The molecule has 7 fully saturated rings. The number of esters is 2. The minimum absolute atomic E-state index is 0.00991. The average Bonchev–Trinajstić information content (AvgIpc) is 3.86. The van der Waals surface area contributed by atoms with Crippen LogP contribution in [0, 0.1) is 11.8 Å². The number of anilines is 2. The molecule has 4 amide bonds. The van der Waals surface area contributed by atoms with Gasteiger partial charge >= 0.3 is 24.1 Å². The van der Waals surface area contributed by atoms with E-state index in [1.54, 1.807) is 46.2 Å². The van der Waals surface area contributed by atoms with E-state index in [2.05, 4.69) is 0 Å². The maximum absolute atomic E-state index is 16.3. The number of rotatable bonds is 2. The molecule has 4 spiro atoms. The number of ether oxygens (including phenoxy) is 6. The maximum atomic E-state index is 16.3. The van der Waals surface area contributed by atoms with E-state index in [9.17, 15) is 19.2 Å². The zero-order chi connectivity index (χ0) is 41.8. The van der Waals surface area contributed by atoms with Crippen molar-refractivity contribution >= 4 is 47.3 Å². The second-order valence-corrected chi connectivity index (χ2v) is 17.6. The van der Waals surface area contributed by atoms with Crippen molar-refractivity contribution in [1.82, 2.24) is 9.80 Å². The molecule has 8 atom stereocenters. The Kier molecular flexibility index (Phi) is 7.28. The van der Waals surface area contributed by atoms with Gasteiger partial charge in [-0.2, -0.15) is 0 Å². The van der Waals surface area contributed by atoms with E-state index in [0.717, 1.165) is 0 Å². The third kappa shape index (κ3) is 3.98. The molecular formula is C44H44N4O12. The molecule has 9 aliphatic heterocycles. The first-order valence-electron chi connectivity index (χ1n) is 20.5. The second kappa shape index (κ2) is 11.8. The molecule has 16 nitrogen and oxygen atoms in total. The van der Waals surface area contributed by atoms with Crippen molar-refractivity contribution in [3.63, 3.8) is 0 Å². The molecule has 2 aromatic carbocycles. The highest BCUT2D eigenvalue weighted by atomic mass is 16.6. The number of hydrogen-bond acceptors (Lipinski definition) is 12. The van der Waals surface area contributed by atoms with E-state index >= 15 is 9.59 Å². The van der Waals surface area contributed by atoms with E-state index < -0.39 is 69.3 Å². The van der Waals surface area contributed by atoms with Crippen molar-refractivity contribution in [2.45, 2.75) is 84.7 Å². The highest BCUT2D eigenvalue weighted by Crippen LogP contribution is 2.70. The summed E-state index contributed by atoms with van der Waals surface area (Å²) in [6.45, 7) is 0.227. The maximum Gasteiger partial charge on any atom is 0.414 e. The van der Waals surface area contributed by atoms with Crippen LogP contribution in [0.2, 0.25) is 0 Å². The summed E-state index contributed by atoms with van der Waals surface area (Å²) in [5, 5.41) is 0. The topological polar surface area (TPSA) is 171 Å². The monoisotopic (exact) mass is 820 g/mol. The summed E-state index contributed by atoms with van der Waals surface area (Å²) >= 11 is 0. The van der Waals surface area contributed by atoms with Crippen LogP contribution in [0.15, 0.2) is 60.7 Å². The summed E-state index contributed by atoms with van der Waals surface area (Å²) in [5.41, 5.74) is -7.12. The van der Waals surface area contributed by atoms with Gasteiger partial charge in [-0.15, -0.1) is 0 Å². The molecule has 11 aliphatic rings. The largest absolute Gasteiger partial charge is 0.497 e. The molecule has 60 heavy (non-hydrogen) atoms. The summed E-state index contributed by atoms with van der Waals surface area (Å²) < 4.78 is 37.2. The normalized spacial score (nSPS) is 37.3. The lowest BCUT2D eigenvalue weighted by molar-refractivity contribution is -0.229. The van der Waals surface area contributed by atoms with Crippen LogP contribution in [-0.4, -0.2) is 109 Å². The number of benzene rings is 2. The molecule has 0 N–H and O–H groups in total. The zero-order valence-corrected chi connectivity index (χ0v) is 33.7. The molecule has 2 aliphatic carbocycles. The van der Waals surface area contributed by atoms with Crippen molar-refractivity contribution < 1.29 is 57.2 Å². The molecule has 2 aromatic rings. The minimum Gasteiger partial charge on any atom is -0.497 e. The van der Waals surface area contributed by atoms with Gasteiger partial charge in [0.2, 0.25) is 11.8 Å². The number of hydrogen-bond donors (Lipinski definition) is 0. The van der Waals surface area contributed by atoms with Gasteiger partial charge in [-0.05, 0) is 74.9 Å². The Hall–Kier alpha value is -6.06. The fourth-order valence-corrected chi connectivity index (χ4v) is 13.6. The number of methoxy groups -OCH3 is 4. The highest BCUT2D eigenvalue weighted by Gasteiger charge is 2.80. The zero-order valence-electron chi connectivity index (χ0n) is 33.7. The van der Waals surface area contributed by atoms with Gasteiger partial charge in [0, 0.05) is 49.2 Å². The summed E-state index contributed by atoms with van der Waals surface area (Å²) in [4.78, 5) is 95.6. The lowest BCUT2D eigenvalue weighted by Crippen LogP contribution is -2.77. The molecule has 312 valence electrons. The Balaban J connectivity index is 1.25. The molecule has 2 saturated carbocycles. The lowest BCUT2D eigenvalue weighted by Gasteiger charge is -2.64. The summed E-state index contributed by atoms with van der Waals surface area (Å²) in [5.74, 6) is -3.59. The second-order valence-electron chi connectivity index (χ2n) is 17.6. The molecule has 13 rings (SSSR count). The third-order valence-corrected chi connectivity index (χ3v) is 16.0. The van der Waals surface area contributed by atoms with Crippen LogP contribution in [0.1, 0.15) is 62.5 Å². The average molecular weight is 821 g/mol. The predicted molar refractivity (Wildman–Crippen MR) is 208 cm³/mol. The standard InChI is InChI=1S/C44H44N4O12/c1-55-25-5-7-31-27(21-25)43-17-19-45-33(49)9-11-39(45)13-15-41(43,47(31)37(53)57-3)29(23-39)36(52)60-44-18-20-46-34(50)10-12-40(46)14-16-42(44,30(24-40)35(51)59-43)48(38(54)58-4)32-8-6-26(56-2)22-28(32)44/h5-12,21-22,29-30H,13-20,23-24H2,1-4H3/t29-,30?,39?,40?,41-,42-,43-,44?/m1/s1. The number of nitrogens with zero attached hydrogens (tertiary/aromatic N) is 4. The first kappa shape index (κ1) is 37.0. The molecule has 16 heteroatoms. The molecule has 0 radical (unpaired) electrons. The minimum atomic E-state index is -1.79. The van der Waals surface area contributed by atoms with Gasteiger partial charge in [-0.1, -0.05) is 12.2 Å². The van der Waals surface area contributed by atoms with Gasteiger partial charge in [-0.25, -0.2) is 9.59 Å². The van der Waals surface area contributed by atoms with Crippen LogP contribution in [0.3, 0.4) is 0 Å². The first-order valence-corrected chi connectivity index (χ1v) is 20.5. The number of carbonyl (C=O) groups is 6. The van der Waals surface area contributed by atoms with E-state index in [-0.39, 0.29) is 63.4 Å². The number of fused-ring (bicyclic) bond motifs is 6. The molecule has 8 bridgehead atoms. The van der Waals surface area contributed by atoms with Crippen molar-refractivity contribution in [1.29, 1.82) is 0 Å². The van der Waals surface area contributed by atoms with Crippen molar-refractivity contribution in [3.8, 4) is 11.5 Å². The van der Waals surface area contributed by atoms with Crippen molar-refractivity contribution in [3.05, 3.63) is 71.8 Å². The highest BCUT2D eigenvalue weighted by molar-refractivity contribution is 6.01. The fraction of sp³-hybridized carbons (Fsp3) is 0.500. The van der Waals surface area contributed by atoms with Gasteiger partial charge in [0.25, 0.3) is 0 Å². The van der Waals surface area contributed by atoms with E-state index in [4.69, 9.17) is 28.4 Å². The molecular weight excluding hydrogens is 776 g/mol. The SMILES string of the molecule is COC(=O)N1c2ccc(OC)cc2C23CCN4C(=O)C=CC45CC[C@]12C(C5)C(=O)O[C@@]12CCN4C(=O)C=CC45CC[C@]1([C@H](C5)C(=O)O3)N(C(=O)OC)c1ccc(OC)cc12. The fourth-order valence-electron chi connectivity index (χ4n) is 13.6. The van der Waals surface area contributed by atoms with E-state index in [1.165, 1.54) is 50.4 Å². The van der Waals surface area contributed by atoms with E-state index in [1.807, 2.05) is 12.2 Å². The Morgan fingerprint density at radius 1 is 0.600 bits per heavy atom. The van der Waals surface area contributed by atoms with Crippen LogP contribution < -0.4 is 19.3 Å². The first-order chi connectivity index (χ1) is 28.8. The van der Waals surface area contributed by atoms with Crippen molar-refractivity contribution in [2.75, 3.05) is 51.3 Å². The Bertz CT molecular complexity index is 2270. The Morgan fingerprint density at radius 3 is 1.40 bits per heavy atom. The number of amides is 4. The van der Waals surface area contributed by atoms with Gasteiger partial charge in [0.15, 0.2) is 11.2 Å². The molecule has 0 aromatic heterocycles. The molecule has 9 heterocycles. The van der Waals surface area contributed by atoms with E-state index in [0.29, 0.717) is 46.8 Å². The van der Waals surface area contributed by atoms with Gasteiger partial charge in [0.05, 0.1) is 62.7 Å². The summed E-state index contributed by atoms with van der Waals surface area (Å²) in [6, 6.07) is 10.2. The van der Waals surface area contributed by atoms with Crippen LogP contribution in [-0.2, 0) is 49.3 Å². The van der Waals surface area contributed by atoms with Gasteiger partial charge in [0.1, 0.15) is 22.6 Å². The van der Waals surface area contributed by atoms with Crippen LogP contribution in [0.25, 0.3) is 0 Å². The van der Waals surface area contributed by atoms with Gasteiger partial charge < -0.3 is 38.2 Å². The van der Waals surface area contributed by atoms with Crippen LogP contribution in [0.4, 0.5) is 21.0 Å². The van der Waals surface area contributed by atoms with Crippen LogP contribution in [0.5, 0.6) is 11.5 Å². The Morgan fingerprint density at radius 2 is 1.02 bits per heavy atom. The third-order valence-electron chi connectivity index (χ3n) is 16.0. The van der Waals surface area contributed by atoms with Crippen LogP contribution >= 0.6 is 0 Å². The van der Waals surface area contributed by atoms with Crippen molar-refractivity contribution in [2.24, 2.45) is 11.8 Å². The smallest absolute Gasteiger partial charge is 0.414 e. The lowest BCUT2D eigenvalue weighted by atomic mass is 9.54. The number of carbonyl (C=O) groups excluding carboxylic acids is 6. The Labute approximate surface area is 344 Å². The molecule has 5 saturated heterocycles. The quantitative estimate of drug-likeness (QED) is 0.313.